The molecule has 0 saturated heterocycles. The number of ether oxygens (including phenoxy) is 1. The van der Waals surface area contributed by atoms with Crippen molar-refractivity contribution in [1.29, 1.82) is 0 Å². The SMILES string of the molecule is NC(COc1ccc(Br)cc1)C1CCCC1. The number of benzene rings is 1. The van der Waals surface area contributed by atoms with Gasteiger partial charge >= 0.3 is 0 Å². The third-order valence-electron chi connectivity index (χ3n) is 3.26. The van der Waals surface area contributed by atoms with Crippen LogP contribution in [0.3, 0.4) is 0 Å². The fourth-order valence-corrected chi connectivity index (χ4v) is 2.51. The molecule has 1 aliphatic rings. The lowest BCUT2D eigenvalue weighted by molar-refractivity contribution is 0.247. The van der Waals surface area contributed by atoms with E-state index in [0.29, 0.717) is 12.5 Å². The van der Waals surface area contributed by atoms with Crippen molar-refractivity contribution in [1.82, 2.24) is 0 Å². The van der Waals surface area contributed by atoms with Gasteiger partial charge in [0.15, 0.2) is 0 Å². The van der Waals surface area contributed by atoms with Gasteiger partial charge in [0.05, 0.1) is 0 Å². The normalized spacial score (nSPS) is 18.6. The Morgan fingerprint density at radius 3 is 2.50 bits per heavy atom. The maximum atomic E-state index is 6.12. The molecule has 0 heterocycles. The van der Waals surface area contributed by atoms with Crippen LogP contribution in [-0.4, -0.2) is 12.6 Å². The van der Waals surface area contributed by atoms with Crippen LogP contribution < -0.4 is 10.5 Å². The Bertz CT molecular complexity index is 319. The molecule has 2 N–H and O–H groups in total. The zero-order valence-corrected chi connectivity index (χ0v) is 10.9. The van der Waals surface area contributed by atoms with Crippen molar-refractivity contribution in [3.05, 3.63) is 28.7 Å². The predicted octanol–water partition coefficient (Wildman–Crippen LogP) is 3.35. The molecule has 1 unspecified atom stereocenters. The molecule has 16 heavy (non-hydrogen) atoms. The first-order chi connectivity index (χ1) is 7.75. The quantitative estimate of drug-likeness (QED) is 0.920. The van der Waals surface area contributed by atoms with Crippen molar-refractivity contribution in [2.45, 2.75) is 31.7 Å². The van der Waals surface area contributed by atoms with Crippen molar-refractivity contribution in [3.63, 3.8) is 0 Å². The molecular weight excluding hydrogens is 266 g/mol. The Morgan fingerprint density at radius 2 is 1.88 bits per heavy atom. The molecule has 0 aliphatic heterocycles. The summed E-state index contributed by atoms with van der Waals surface area (Å²) in [6.45, 7) is 0.631. The minimum absolute atomic E-state index is 0.186. The van der Waals surface area contributed by atoms with Gasteiger partial charge in [0.2, 0.25) is 0 Å². The summed E-state index contributed by atoms with van der Waals surface area (Å²) < 4.78 is 6.76. The first-order valence-electron chi connectivity index (χ1n) is 5.89. The summed E-state index contributed by atoms with van der Waals surface area (Å²) in [5.41, 5.74) is 6.12. The average Bonchev–Trinajstić information content (AvgIpc) is 2.81. The Balaban J connectivity index is 1.80. The predicted molar refractivity (Wildman–Crippen MR) is 69.6 cm³/mol. The van der Waals surface area contributed by atoms with Gasteiger partial charge < -0.3 is 10.5 Å². The van der Waals surface area contributed by atoms with Crippen LogP contribution in [0.15, 0.2) is 28.7 Å². The van der Waals surface area contributed by atoms with E-state index in [1.54, 1.807) is 0 Å². The highest BCUT2D eigenvalue weighted by Gasteiger charge is 2.22. The standard InChI is InChI=1S/C13H18BrNO/c14-11-5-7-12(8-6-11)16-9-13(15)10-3-1-2-4-10/h5-8,10,13H,1-4,9,15H2. The van der Waals surface area contributed by atoms with Crippen LogP contribution in [-0.2, 0) is 0 Å². The van der Waals surface area contributed by atoms with E-state index in [-0.39, 0.29) is 6.04 Å². The number of nitrogens with two attached hydrogens (primary N) is 1. The highest BCUT2D eigenvalue weighted by Crippen LogP contribution is 2.27. The number of hydrogen-bond acceptors (Lipinski definition) is 2. The van der Waals surface area contributed by atoms with Gasteiger partial charge in [-0.2, -0.15) is 0 Å². The number of halogens is 1. The third-order valence-corrected chi connectivity index (χ3v) is 3.79. The summed E-state index contributed by atoms with van der Waals surface area (Å²) in [5, 5.41) is 0. The van der Waals surface area contributed by atoms with Crippen LogP contribution in [0, 0.1) is 5.92 Å². The molecule has 1 aromatic rings. The molecule has 2 rings (SSSR count). The molecule has 1 fully saturated rings. The van der Waals surface area contributed by atoms with E-state index < -0.39 is 0 Å². The molecule has 1 aromatic carbocycles. The van der Waals surface area contributed by atoms with Crippen molar-refractivity contribution >= 4 is 15.9 Å². The largest absolute Gasteiger partial charge is 0.492 e. The first-order valence-corrected chi connectivity index (χ1v) is 6.69. The molecular formula is C13H18BrNO. The van der Waals surface area contributed by atoms with Crippen molar-refractivity contribution in [2.24, 2.45) is 11.7 Å². The van der Waals surface area contributed by atoms with Gasteiger partial charge in [-0.25, -0.2) is 0 Å². The highest BCUT2D eigenvalue weighted by molar-refractivity contribution is 9.10. The zero-order valence-electron chi connectivity index (χ0n) is 9.36. The summed E-state index contributed by atoms with van der Waals surface area (Å²) in [7, 11) is 0. The molecule has 1 aliphatic carbocycles. The third kappa shape index (κ3) is 3.22. The van der Waals surface area contributed by atoms with Gasteiger partial charge in [-0.3, -0.25) is 0 Å². The summed E-state index contributed by atoms with van der Waals surface area (Å²) in [4.78, 5) is 0. The smallest absolute Gasteiger partial charge is 0.119 e. The lowest BCUT2D eigenvalue weighted by Crippen LogP contribution is -2.34. The van der Waals surface area contributed by atoms with Gasteiger partial charge in [-0.05, 0) is 43.0 Å². The molecule has 1 saturated carbocycles. The van der Waals surface area contributed by atoms with Crippen molar-refractivity contribution < 1.29 is 4.74 Å². The second-order valence-electron chi connectivity index (χ2n) is 4.47. The van der Waals surface area contributed by atoms with E-state index in [2.05, 4.69) is 15.9 Å². The second kappa shape index (κ2) is 5.69. The van der Waals surface area contributed by atoms with Gasteiger partial charge in [-0.15, -0.1) is 0 Å². The fraction of sp³-hybridized carbons (Fsp3) is 0.538. The van der Waals surface area contributed by atoms with Crippen LogP contribution in [0.5, 0.6) is 5.75 Å². The summed E-state index contributed by atoms with van der Waals surface area (Å²) >= 11 is 3.40. The molecule has 3 heteroatoms. The Kier molecular flexibility index (Phi) is 4.24. The zero-order chi connectivity index (χ0) is 11.4. The minimum Gasteiger partial charge on any atom is -0.492 e. The van der Waals surface area contributed by atoms with Crippen molar-refractivity contribution in [3.8, 4) is 5.75 Å². The molecule has 0 bridgehead atoms. The van der Waals surface area contributed by atoms with Gasteiger partial charge in [-0.1, -0.05) is 28.8 Å². The van der Waals surface area contributed by atoms with E-state index in [0.717, 1.165) is 10.2 Å². The number of rotatable bonds is 4. The molecule has 1 atom stereocenters. The summed E-state index contributed by atoms with van der Waals surface area (Å²) in [5.74, 6) is 1.56. The lowest BCUT2D eigenvalue weighted by atomic mass is 10.00. The Hall–Kier alpha value is -0.540. The molecule has 0 amide bonds. The van der Waals surface area contributed by atoms with E-state index >= 15 is 0 Å². The molecule has 88 valence electrons. The Labute approximate surface area is 105 Å². The maximum absolute atomic E-state index is 6.12. The van der Waals surface area contributed by atoms with Crippen LogP contribution in [0.1, 0.15) is 25.7 Å². The van der Waals surface area contributed by atoms with Gasteiger partial charge in [0, 0.05) is 10.5 Å². The van der Waals surface area contributed by atoms with Crippen LogP contribution in [0.25, 0.3) is 0 Å². The summed E-state index contributed by atoms with van der Waals surface area (Å²) in [6, 6.07) is 8.08. The molecule has 0 aromatic heterocycles. The molecule has 2 nitrogen and oxygen atoms in total. The van der Waals surface area contributed by atoms with E-state index in [1.165, 1.54) is 25.7 Å². The Morgan fingerprint density at radius 1 is 1.25 bits per heavy atom. The second-order valence-corrected chi connectivity index (χ2v) is 5.39. The van der Waals surface area contributed by atoms with Gasteiger partial charge in [0.25, 0.3) is 0 Å². The van der Waals surface area contributed by atoms with Crippen LogP contribution in [0.4, 0.5) is 0 Å². The lowest BCUT2D eigenvalue weighted by Gasteiger charge is -2.19. The minimum atomic E-state index is 0.186. The van der Waals surface area contributed by atoms with Crippen molar-refractivity contribution in [2.75, 3.05) is 6.61 Å². The fourth-order valence-electron chi connectivity index (χ4n) is 2.24. The molecule has 0 spiro atoms. The monoisotopic (exact) mass is 283 g/mol. The van der Waals surface area contributed by atoms with E-state index in [4.69, 9.17) is 10.5 Å². The van der Waals surface area contributed by atoms with Crippen LogP contribution in [0.2, 0.25) is 0 Å². The van der Waals surface area contributed by atoms with Crippen LogP contribution >= 0.6 is 15.9 Å². The van der Waals surface area contributed by atoms with Gasteiger partial charge in [0.1, 0.15) is 12.4 Å². The first kappa shape index (κ1) is 11.9. The van der Waals surface area contributed by atoms with E-state index in [1.807, 2.05) is 24.3 Å². The topological polar surface area (TPSA) is 35.2 Å². The summed E-state index contributed by atoms with van der Waals surface area (Å²) in [6.07, 6.45) is 5.20. The highest BCUT2D eigenvalue weighted by atomic mass is 79.9. The average molecular weight is 284 g/mol. The van der Waals surface area contributed by atoms with E-state index in [9.17, 15) is 0 Å². The maximum Gasteiger partial charge on any atom is 0.119 e. The molecule has 0 radical (unpaired) electrons. The number of hydrogen-bond donors (Lipinski definition) is 1.